The molecule has 4 aromatic carbocycles. The third-order valence-electron chi connectivity index (χ3n) is 22.0. The number of hydrogen-bond donors (Lipinski definition) is 1. The number of azo groups is 1. The first-order chi connectivity index (χ1) is 55.6. The third-order valence-corrected chi connectivity index (χ3v) is 23.1. The molecule has 0 spiro atoms. The fourth-order valence-corrected chi connectivity index (χ4v) is 14.3. The summed E-state index contributed by atoms with van der Waals surface area (Å²) in [6, 6.07) is 22.0. The maximum absolute atomic E-state index is 7.34. The summed E-state index contributed by atoms with van der Waals surface area (Å²) in [5.41, 5.74) is 11.1. The van der Waals surface area contributed by atoms with Gasteiger partial charge in [0.25, 0.3) is 0 Å². The van der Waals surface area contributed by atoms with Gasteiger partial charge in [-0.15, -0.1) is 10.2 Å². The molecule has 0 aliphatic heterocycles. The number of rotatable bonds is 65. The zero-order valence-corrected chi connectivity index (χ0v) is 80.6. The molecule has 662 valence electrons. The minimum Gasteiger partial charge on any atom is -0.512 e. The molecule has 0 radical (unpaired) electrons. The molecular weight excluding hydrogens is 1610 g/mol. The molecule has 0 bridgehead atoms. The summed E-state index contributed by atoms with van der Waals surface area (Å²) in [4.78, 5) is 8.63. The van der Waals surface area contributed by atoms with Crippen molar-refractivity contribution >= 4 is 66.0 Å². The molecule has 0 saturated carbocycles. The monoisotopic (exact) mass is 1770 g/mol. The number of halogens is 2. The van der Waals surface area contributed by atoms with E-state index < -0.39 is 0 Å². The van der Waals surface area contributed by atoms with Gasteiger partial charge in [-0.1, -0.05) is 319 Å². The van der Waals surface area contributed by atoms with Gasteiger partial charge in [-0.3, -0.25) is 0 Å². The largest absolute Gasteiger partial charge is 1.00 e. The van der Waals surface area contributed by atoms with Gasteiger partial charge in [0.2, 0.25) is 0 Å². The van der Waals surface area contributed by atoms with Crippen LogP contribution in [0.4, 0.5) is 34.1 Å². The Morgan fingerprint density at radius 1 is 0.357 bits per heavy atom. The molecule has 4 rings (SSSR count). The Morgan fingerprint density at radius 2 is 0.670 bits per heavy atom. The number of alkyl halides is 1. The summed E-state index contributed by atoms with van der Waals surface area (Å²) in [5.74, 6) is 8.80. The number of nitrogens with zero attached hydrogens (tertiary/aromatic N) is 6. The second-order valence-corrected chi connectivity index (χ2v) is 33.3. The van der Waals surface area contributed by atoms with Crippen LogP contribution in [0.2, 0.25) is 0 Å². The van der Waals surface area contributed by atoms with Crippen LogP contribution in [0.5, 0.6) is 34.5 Å². The Labute approximate surface area is 735 Å². The van der Waals surface area contributed by atoms with Crippen LogP contribution in [0.15, 0.2) is 81.4 Å². The third kappa shape index (κ3) is 52.7. The Bertz CT molecular complexity index is 2960. The topological polar surface area (TPSA) is 141 Å². The number of unbranched alkanes of at least 4 members (excludes halogenated alkanes) is 16. The zero-order valence-electron chi connectivity index (χ0n) is 76.4. The summed E-state index contributed by atoms with van der Waals surface area (Å²) in [6.07, 6.45) is 47.8. The van der Waals surface area contributed by atoms with Gasteiger partial charge in [0.05, 0.1) is 69.0 Å². The average Bonchev–Trinajstić information content (AvgIpc) is 0.806. The van der Waals surface area contributed by atoms with Gasteiger partial charge < -0.3 is 55.8 Å². The Balaban J connectivity index is 0. The van der Waals surface area contributed by atoms with E-state index in [0.717, 1.165) is 142 Å². The molecule has 6 atom stereocenters. The predicted octanol–water partition coefficient (Wildman–Crippen LogP) is 33.0. The second kappa shape index (κ2) is 77.7. The van der Waals surface area contributed by atoms with E-state index in [0.29, 0.717) is 71.5 Å². The number of nitrogens with two attached hydrogens (primary N) is 1. The Morgan fingerprint density at radius 3 is 1.00 bits per heavy atom. The van der Waals surface area contributed by atoms with Gasteiger partial charge in [0, 0.05) is 60.2 Å². The summed E-state index contributed by atoms with van der Waals surface area (Å²) in [7, 11) is 0. The van der Waals surface area contributed by atoms with Gasteiger partial charge in [-0.05, 0) is 158 Å². The quantitative estimate of drug-likeness (QED) is 0.0113. The second-order valence-electron chi connectivity index (χ2n) is 31.6. The van der Waals surface area contributed by atoms with Gasteiger partial charge in [0.1, 0.15) is 40.2 Å². The van der Waals surface area contributed by atoms with Gasteiger partial charge in [-0.2, -0.15) is 0 Å². The van der Waals surface area contributed by atoms with E-state index in [9.17, 15) is 0 Å². The number of nitrogen functional groups attached to an aromatic ring is 1. The fourth-order valence-electron chi connectivity index (χ4n) is 13.5. The van der Waals surface area contributed by atoms with E-state index >= 15 is 0 Å². The maximum atomic E-state index is 7.34. The zero-order chi connectivity index (χ0) is 84.6. The number of ether oxygens (including phenoxy) is 6. The van der Waals surface area contributed by atoms with Crippen molar-refractivity contribution in [3.63, 3.8) is 0 Å². The van der Waals surface area contributed by atoms with E-state index in [1.54, 1.807) is 12.1 Å². The smallest absolute Gasteiger partial charge is 0.512 e. The molecule has 0 amide bonds. The summed E-state index contributed by atoms with van der Waals surface area (Å²) >= 11 is 6.93. The molecule has 0 aliphatic rings. The van der Waals surface area contributed by atoms with Crippen LogP contribution in [-0.2, 0) is 17.1 Å². The van der Waals surface area contributed by atoms with Crippen LogP contribution in [0.1, 0.15) is 368 Å². The number of benzene rings is 4. The van der Waals surface area contributed by atoms with E-state index in [1.165, 1.54) is 216 Å². The molecule has 0 saturated heterocycles. The minimum atomic E-state index is 0. The molecule has 0 aromatic heterocycles. The van der Waals surface area contributed by atoms with Gasteiger partial charge in [0.15, 0.2) is 5.69 Å². The van der Waals surface area contributed by atoms with Crippen molar-refractivity contribution in [2.45, 2.75) is 368 Å². The average molecular weight is 1780 g/mol. The molecule has 0 heterocycles. The first-order valence-corrected chi connectivity index (χ1v) is 48.4. The van der Waals surface area contributed by atoms with Crippen molar-refractivity contribution in [3.8, 4) is 34.5 Å². The maximum Gasteiger partial charge on any atom is 1.00 e. The van der Waals surface area contributed by atoms with Crippen LogP contribution >= 0.6 is 31.9 Å². The minimum absolute atomic E-state index is 0. The number of anilines is 3. The molecule has 0 aliphatic carbocycles. The van der Waals surface area contributed by atoms with Crippen LogP contribution in [0.3, 0.4) is 0 Å². The van der Waals surface area contributed by atoms with Gasteiger partial charge in [-0.25, -0.2) is 4.85 Å². The molecule has 6 unspecified atom stereocenters. The fraction of sp³-hybridized carbons (Fsp3) is 0.737. The first-order valence-electron chi connectivity index (χ1n) is 46.5. The van der Waals surface area contributed by atoms with E-state index in [2.05, 4.69) is 200 Å². The Hall–Kier alpha value is -4.86. The first kappa shape index (κ1) is 112. The Kier molecular flexibility index (Phi) is 75.8. The van der Waals surface area contributed by atoms with E-state index in [1.807, 2.05) is 24.3 Å². The molecule has 16 heteroatoms. The van der Waals surface area contributed by atoms with Crippen LogP contribution < -0.4 is 44.0 Å². The van der Waals surface area contributed by atoms with Crippen molar-refractivity contribution in [1.29, 1.82) is 5.26 Å². The summed E-state index contributed by atoms with van der Waals surface area (Å²) < 4.78 is 39.0. The van der Waals surface area contributed by atoms with Crippen molar-refractivity contribution in [2.75, 3.05) is 86.7 Å². The standard InChI is InChI=1S/C39H61BrN4O2.C32H59NO2.C22H39NO2.C5H11Br.CN.Cu/c1-8-14-18-24-44(25-19-15-9-2)37-28-38(45-29-31(12-5)20-16-10-3)36(27-39(37)46-30-32(13-6)21-17-11-4)43-42-35-23-22-33(41-7)26-34(35)40;1-7-13-17-23-33(24-18-14-8-2)31-25-30(34-26-28(11-5)19-15-9-3)21-22-32(31)35-27-29(12-6)20-16-10-4;1-5-9-11-18(7-3)16-24-20-13-14-22(21(23)15-20)25-17-19(8-4)12-10-6-2;1-2-3-4-5-6;1-2;/h22-23,26-28,31-32H,8-21,24-25,29-30H2,1-6H3;21-22,25,28-29H,7-20,23-24,26-27H2,1-6H3;13-15,18-19H,5-12,16-17,23H2,1-4H3;2-5H2,1H3;;/q;;;;-1;+1. The summed E-state index contributed by atoms with van der Waals surface area (Å²) in [5, 5.41) is 16.8. The molecule has 13 nitrogen and oxygen atoms in total. The molecule has 0 fully saturated rings. The van der Waals surface area contributed by atoms with E-state index in [4.69, 9.17) is 57.7 Å². The van der Waals surface area contributed by atoms with Crippen molar-refractivity contribution in [3.05, 3.63) is 89.2 Å². The van der Waals surface area contributed by atoms with Crippen molar-refractivity contribution in [2.24, 2.45) is 45.7 Å². The van der Waals surface area contributed by atoms with Crippen LogP contribution in [0.25, 0.3) is 4.85 Å². The van der Waals surface area contributed by atoms with Gasteiger partial charge >= 0.3 is 17.1 Å². The molecule has 2 N–H and O–H groups in total. The molecule has 4 aromatic rings. The summed E-state index contributed by atoms with van der Waals surface area (Å²) in [6.45, 7) is 59.2. The van der Waals surface area contributed by atoms with Crippen molar-refractivity contribution in [1.82, 2.24) is 0 Å². The molecular formula is C99H170Br2CuN7O6. The molecule has 115 heavy (non-hydrogen) atoms. The SMILES string of the molecule is CCCCC(CC)COc1ccc(OCC(CC)CCCC)c(N)c1.CCCCCBr.CCCCCN(CCCCC)c1cc(OCC(CC)CCCC)ccc1OCC(CC)CCCC.[C-]#N.[C-]#[N+]c1ccc(N=Nc2cc(OCC(CC)CCCC)c(N(CCCCC)CCCCC)cc2OCC(CC)CCCC)c(Br)c1.[Cu+]. The number of hydrogen-bond acceptors (Lipinski definition) is 12. The van der Waals surface area contributed by atoms with Crippen LogP contribution in [-0.4, -0.2) is 71.2 Å². The van der Waals surface area contributed by atoms with Crippen molar-refractivity contribution < 1.29 is 45.5 Å². The predicted molar refractivity (Wildman–Crippen MR) is 502 cm³/mol. The normalized spacial score (nSPS) is 12.4. The van der Waals surface area contributed by atoms with E-state index in [-0.39, 0.29) is 17.1 Å². The van der Waals surface area contributed by atoms with Crippen LogP contribution in [0, 0.1) is 53.9 Å².